The van der Waals surface area contributed by atoms with E-state index in [1.807, 2.05) is 26.0 Å². The molecule has 3 rings (SSSR count). The molecule has 174 valence electrons. The summed E-state index contributed by atoms with van der Waals surface area (Å²) in [5, 5.41) is 6.04. The summed E-state index contributed by atoms with van der Waals surface area (Å²) in [5.41, 5.74) is 1.54. The van der Waals surface area contributed by atoms with Crippen LogP contribution in [0.15, 0.2) is 29.3 Å². The van der Waals surface area contributed by atoms with Crippen molar-refractivity contribution in [3.63, 3.8) is 0 Å². The maximum atomic E-state index is 12.6. The molecule has 0 aliphatic carbocycles. The van der Waals surface area contributed by atoms with Crippen molar-refractivity contribution >= 4 is 23.7 Å². The van der Waals surface area contributed by atoms with Gasteiger partial charge in [-0.25, -0.2) is 4.99 Å². The first kappa shape index (κ1) is 23.6. The van der Waals surface area contributed by atoms with E-state index >= 15 is 0 Å². The van der Waals surface area contributed by atoms with Crippen LogP contribution in [-0.4, -0.2) is 79.4 Å². The Hall–Kier alpha value is -3.10. The number of benzene rings is 1. The number of amides is 2. The standard InChI is InChI=1S/C23H33N5O4/c1-3-24-23(28-12-5-6-19(15-28)22(31)32-4-2)26-14-17-7-9-18(10-8-17)21(30)27-13-11-25-20(29)16-27/h7-10,19H,3-6,11-16H2,1-2H3,(H,24,26)(H,25,29). The maximum Gasteiger partial charge on any atom is 0.310 e. The predicted molar refractivity (Wildman–Crippen MR) is 121 cm³/mol. The molecule has 0 saturated carbocycles. The lowest BCUT2D eigenvalue weighted by Gasteiger charge is -2.34. The molecular formula is C23H33N5O4. The fourth-order valence-electron chi connectivity index (χ4n) is 3.96. The number of ether oxygens (including phenoxy) is 1. The number of esters is 1. The number of likely N-dealkylation sites (tertiary alicyclic amines) is 1. The Kier molecular flexibility index (Phi) is 8.47. The largest absolute Gasteiger partial charge is 0.466 e. The second-order valence-corrected chi connectivity index (χ2v) is 7.98. The molecule has 9 nitrogen and oxygen atoms in total. The van der Waals surface area contributed by atoms with Gasteiger partial charge in [0.15, 0.2) is 5.96 Å². The summed E-state index contributed by atoms with van der Waals surface area (Å²) in [5.74, 6) is 0.242. The number of nitrogens with one attached hydrogen (secondary N) is 2. The van der Waals surface area contributed by atoms with Crippen LogP contribution in [0.25, 0.3) is 0 Å². The van der Waals surface area contributed by atoms with Gasteiger partial charge in [0.1, 0.15) is 0 Å². The molecule has 2 N–H and O–H groups in total. The van der Waals surface area contributed by atoms with Crippen LogP contribution in [0.1, 0.15) is 42.6 Å². The van der Waals surface area contributed by atoms with Gasteiger partial charge < -0.3 is 25.2 Å². The van der Waals surface area contributed by atoms with Crippen molar-refractivity contribution in [2.24, 2.45) is 10.9 Å². The molecule has 0 spiro atoms. The lowest BCUT2D eigenvalue weighted by Crippen LogP contribution is -2.49. The number of nitrogens with zero attached hydrogens (tertiary/aromatic N) is 3. The Morgan fingerprint density at radius 3 is 2.66 bits per heavy atom. The van der Waals surface area contributed by atoms with E-state index in [4.69, 9.17) is 9.73 Å². The van der Waals surface area contributed by atoms with Crippen molar-refractivity contribution in [3.8, 4) is 0 Å². The molecule has 2 amide bonds. The normalized spacial score (nSPS) is 19.4. The topological polar surface area (TPSA) is 103 Å². The minimum atomic E-state index is -0.139. The number of aliphatic imine (C=N–C) groups is 1. The van der Waals surface area contributed by atoms with E-state index in [1.165, 1.54) is 0 Å². The third-order valence-corrected chi connectivity index (χ3v) is 5.61. The van der Waals surface area contributed by atoms with Crippen molar-refractivity contribution < 1.29 is 19.1 Å². The summed E-state index contributed by atoms with van der Waals surface area (Å²) >= 11 is 0. The van der Waals surface area contributed by atoms with Gasteiger partial charge in [-0.2, -0.15) is 0 Å². The van der Waals surface area contributed by atoms with E-state index in [1.54, 1.807) is 17.0 Å². The molecule has 1 aromatic rings. The Morgan fingerprint density at radius 2 is 1.97 bits per heavy atom. The van der Waals surface area contributed by atoms with E-state index in [0.717, 1.165) is 37.5 Å². The van der Waals surface area contributed by atoms with Crippen LogP contribution in [0.5, 0.6) is 0 Å². The molecule has 0 bridgehead atoms. The lowest BCUT2D eigenvalue weighted by molar-refractivity contribution is -0.149. The summed E-state index contributed by atoms with van der Waals surface area (Å²) < 4.78 is 5.20. The van der Waals surface area contributed by atoms with Gasteiger partial charge in [-0.3, -0.25) is 14.4 Å². The van der Waals surface area contributed by atoms with Gasteiger partial charge in [-0.15, -0.1) is 0 Å². The number of hydrogen-bond acceptors (Lipinski definition) is 5. The van der Waals surface area contributed by atoms with Gasteiger partial charge in [-0.05, 0) is 44.4 Å². The molecule has 9 heteroatoms. The van der Waals surface area contributed by atoms with Crippen LogP contribution in [0.2, 0.25) is 0 Å². The summed E-state index contributed by atoms with van der Waals surface area (Å²) in [6.07, 6.45) is 1.75. The third-order valence-electron chi connectivity index (χ3n) is 5.61. The summed E-state index contributed by atoms with van der Waals surface area (Å²) in [7, 11) is 0. The van der Waals surface area contributed by atoms with Crippen LogP contribution in [0.3, 0.4) is 0 Å². The van der Waals surface area contributed by atoms with Crippen molar-refractivity contribution in [3.05, 3.63) is 35.4 Å². The van der Waals surface area contributed by atoms with Crippen molar-refractivity contribution in [1.82, 2.24) is 20.4 Å². The van der Waals surface area contributed by atoms with Gasteiger partial charge in [0.25, 0.3) is 5.91 Å². The van der Waals surface area contributed by atoms with Gasteiger partial charge in [-0.1, -0.05) is 12.1 Å². The average Bonchev–Trinajstić information content (AvgIpc) is 2.82. The fourth-order valence-corrected chi connectivity index (χ4v) is 3.96. The number of piperazine rings is 1. The number of hydrogen-bond donors (Lipinski definition) is 2. The fraction of sp³-hybridized carbons (Fsp3) is 0.565. The smallest absolute Gasteiger partial charge is 0.310 e. The van der Waals surface area contributed by atoms with E-state index in [2.05, 4.69) is 15.5 Å². The van der Waals surface area contributed by atoms with Gasteiger partial charge in [0.2, 0.25) is 5.91 Å². The highest BCUT2D eigenvalue weighted by Gasteiger charge is 2.28. The highest BCUT2D eigenvalue weighted by atomic mass is 16.5. The molecule has 1 aromatic carbocycles. The highest BCUT2D eigenvalue weighted by molar-refractivity contribution is 5.97. The van der Waals surface area contributed by atoms with Crippen molar-refractivity contribution in [2.75, 3.05) is 45.9 Å². The molecule has 1 atom stereocenters. The Morgan fingerprint density at radius 1 is 1.19 bits per heavy atom. The molecular weight excluding hydrogens is 410 g/mol. The predicted octanol–water partition coefficient (Wildman–Crippen LogP) is 0.999. The Balaban J connectivity index is 1.62. The quantitative estimate of drug-likeness (QED) is 0.386. The molecule has 0 aromatic heterocycles. The lowest BCUT2D eigenvalue weighted by atomic mass is 9.98. The van der Waals surface area contributed by atoms with E-state index < -0.39 is 0 Å². The molecule has 2 aliphatic rings. The Bertz CT molecular complexity index is 839. The zero-order valence-electron chi connectivity index (χ0n) is 18.9. The van der Waals surface area contributed by atoms with E-state index in [-0.39, 0.29) is 30.2 Å². The van der Waals surface area contributed by atoms with Gasteiger partial charge >= 0.3 is 5.97 Å². The zero-order chi connectivity index (χ0) is 22.9. The molecule has 2 fully saturated rings. The highest BCUT2D eigenvalue weighted by Crippen LogP contribution is 2.18. The van der Waals surface area contributed by atoms with Crippen LogP contribution in [0, 0.1) is 5.92 Å². The second kappa shape index (κ2) is 11.5. The second-order valence-electron chi connectivity index (χ2n) is 7.98. The molecule has 2 aliphatic heterocycles. The first-order chi connectivity index (χ1) is 15.5. The molecule has 32 heavy (non-hydrogen) atoms. The SMILES string of the molecule is CCNC(=NCc1ccc(C(=O)N2CCNC(=O)C2)cc1)N1CCCC(C(=O)OCC)C1. The summed E-state index contributed by atoms with van der Waals surface area (Å²) in [4.78, 5) is 44.7. The van der Waals surface area contributed by atoms with E-state index in [0.29, 0.717) is 38.3 Å². The first-order valence-corrected chi connectivity index (χ1v) is 11.4. The van der Waals surface area contributed by atoms with Crippen molar-refractivity contribution in [1.29, 1.82) is 0 Å². The monoisotopic (exact) mass is 443 g/mol. The van der Waals surface area contributed by atoms with Crippen LogP contribution in [0.4, 0.5) is 0 Å². The van der Waals surface area contributed by atoms with E-state index in [9.17, 15) is 14.4 Å². The molecule has 2 heterocycles. The number of carbonyl (C=O) groups is 3. The number of rotatable bonds is 6. The Labute approximate surface area is 189 Å². The van der Waals surface area contributed by atoms with Crippen LogP contribution in [-0.2, 0) is 20.9 Å². The first-order valence-electron chi connectivity index (χ1n) is 11.4. The number of carbonyl (C=O) groups excluding carboxylic acids is 3. The van der Waals surface area contributed by atoms with Crippen molar-refractivity contribution in [2.45, 2.75) is 33.2 Å². The number of guanidine groups is 1. The summed E-state index contributed by atoms with van der Waals surface area (Å²) in [6.45, 7) is 7.98. The third kappa shape index (κ3) is 6.21. The number of piperidine rings is 1. The van der Waals surface area contributed by atoms with Gasteiger partial charge in [0, 0.05) is 38.3 Å². The zero-order valence-corrected chi connectivity index (χ0v) is 18.9. The minimum Gasteiger partial charge on any atom is -0.466 e. The maximum absolute atomic E-state index is 12.6. The molecule has 1 unspecified atom stereocenters. The van der Waals surface area contributed by atoms with Crippen LogP contribution < -0.4 is 10.6 Å². The minimum absolute atomic E-state index is 0.0968. The molecule has 0 radical (unpaired) electrons. The summed E-state index contributed by atoms with van der Waals surface area (Å²) in [6, 6.07) is 7.35. The average molecular weight is 444 g/mol. The molecule has 2 saturated heterocycles. The van der Waals surface area contributed by atoms with Crippen LogP contribution >= 0.6 is 0 Å². The van der Waals surface area contributed by atoms with Gasteiger partial charge in [0.05, 0.1) is 25.6 Å².